The molecule has 5 heteroatoms. The normalized spacial score (nSPS) is 13.3. The molecule has 2 unspecified atom stereocenters. The highest BCUT2D eigenvalue weighted by Gasteiger charge is 2.35. The summed E-state index contributed by atoms with van der Waals surface area (Å²) in [6.45, 7) is 9.78. The lowest BCUT2D eigenvalue weighted by Gasteiger charge is -2.23. The van der Waals surface area contributed by atoms with Crippen LogP contribution in [0.3, 0.4) is 0 Å². The van der Waals surface area contributed by atoms with E-state index < -0.39 is 7.92 Å². The van der Waals surface area contributed by atoms with E-state index in [2.05, 4.69) is 0 Å². The van der Waals surface area contributed by atoms with Crippen LogP contribution in [0, 0.1) is 20.8 Å². The molecule has 2 rings (SSSR count). The number of carbonyl (C=O) groups excluding carboxylic acids is 2. The fourth-order valence-electron chi connectivity index (χ4n) is 3.14. The average molecular weight is 409 g/mol. The first-order chi connectivity index (χ1) is 12.2. The van der Waals surface area contributed by atoms with Crippen molar-refractivity contribution in [1.29, 1.82) is 0 Å². The predicted octanol–water partition coefficient (Wildman–Crippen LogP) is 7.18. The van der Waals surface area contributed by atoms with Gasteiger partial charge in [0.05, 0.1) is 15.6 Å². The number of carbonyl (C=O) groups is 2. The quantitative estimate of drug-likeness (QED) is 0.474. The van der Waals surface area contributed by atoms with E-state index in [0.29, 0.717) is 15.6 Å². The minimum atomic E-state index is -1.62. The lowest BCUT2D eigenvalue weighted by Crippen LogP contribution is -2.17. The summed E-state index contributed by atoms with van der Waals surface area (Å²) in [5, 5.41) is 0.590. The standard InChI is InChI=1S/C21H23Cl2O2P/c1-6-15(5)26(21(25)19-16(22)8-7-9-17(19)23)20(24)18-13(3)10-12(2)11-14(18)4/h7-11,15H,6H2,1-5H3. The monoisotopic (exact) mass is 408 g/mol. The van der Waals surface area contributed by atoms with Crippen molar-refractivity contribution in [1.82, 2.24) is 0 Å². The zero-order chi connectivity index (χ0) is 19.6. The number of benzene rings is 2. The van der Waals surface area contributed by atoms with Crippen LogP contribution in [-0.4, -0.2) is 16.7 Å². The summed E-state index contributed by atoms with van der Waals surface area (Å²) >= 11 is 12.5. The summed E-state index contributed by atoms with van der Waals surface area (Å²) in [7, 11) is -1.62. The molecule has 138 valence electrons. The van der Waals surface area contributed by atoms with Crippen molar-refractivity contribution in [2.45, 2.75) is 46.7 Å². The molecule has 0 heterocycles. The van der Waals surface area contributed by atoms with E-state index in [9.17, 15) is 9.59 Å². The van der Waals surface area contributed by atoms with Crippen molar-refractivity contribution in [3.63, 3.8) is 0 Å². The largest absolute Gasteiger partial charge is 0.289 e. The lowest BCUT2D eigenvalue weighted by atomic mass is 10.0. The van der Waals surface area contributed by atoms with Gasteiger partial charge < -0.3 is 0 Å². The van der Waals surface area contributed by atoms with Gasteiger partial charge in [0, 0.05) is 13.5 Å². The molecular formula is C21H23Cl2O2P. The Morgan fingerprint density at radius 2 is 1.42 bits per heavy atom. The van der Waals surface area contributed by atoms with Crippen molar-refractivity contribution in [2.75, 3.05) is 0 Å². The number of hydrogen-bond acceptors (Lipinski definition) is 2. The predicted molar refractivity (Wildman–Crippen MR) is 112 cm³/mol. The van der Waals surface area contributed by atoms with Gasteiger partial charge in [0.15, 0.2) is 11.0 Å². The van der Waals surface area contributed by atoms with E-state index in [1.54, 1.807) is 18.2 Å². The van der Waals surface area contributed by atoms with Crippen molar-refractivity contribution in [2.24, 2.45) is 0 Å². The summed E-state index contributed by atoms with van der Waals surface area (Å²) in [4.78, 5) is 26.8. The van der Waals surface area contributed by atoms with Gasteiger partial charge in [-0.3, -0.25) is 9.59 Å². The second-order valence-electron chi connectivity index (χ2n) is 6.61. The van der Waals surface area contributed by atoms with E-state index in [1.165, 1.54) is 0 Å². The van der Waals surface area contributed by atoms with Crippen LogP contribution in [0.1, 0.15) is 57.7 Å². The van der Waals surface area contributed by atoms with Crippen LogP contribution in [0.5, 0.6) is 0 Å². The van der Waals surface area contributed by atoms with Gasteiger partial charge in [-0.2, -0.15) is 0 Å². The van der Waals surface area contributed by atoms with Gasteiger partial charge in [0.1, 0.15) is 0 Å². The Balaban J connectivity index is 2.59. The molecule has 2 atom stereocenters. The summed E-state index contributed by atoms with van der Waals surface area (Å²) in [5.41, 5.74) is 3.43. The van der Waals surface area contributed by atoms with Gasteiger partial charge in [0.2, 0.25) is 0 Å². The Labute approximate surface area is 166 Å². The number of rotatable bonds is 6. The molecule has 0 N–H and O–H groups in total. The minimum Gasteiger partial charge on any atom is -0.289 e. The van der Waals surface area contributed by atoms with E-state index >= 15 is 0 Å². The maximum absolute atomic E-state index is 13.5. The second-order valence-corrected chi connectivity index (χ2v) is 9.86. The van der Waals surface area contributed by atoms with Crippen molar-refractivity contribution in [3.05, 3.63) is 68.2 Å². The molecule has 0 radical (unpaired) electrons. The molecule has 0 aromatic heterocycles. The van der Waals surface area contributed by atoms with Crippen molar-refractivity contribution >= 4 is 42.2 Å². The minimum absolute atomic E-state index is 0.0579. The number of halogens is 2. The molecule has 2 aromatic rings. The first kappa shape index (κ1) is 21.1. The summed E-state index contributed by atoms with van der Waals surface area (Å²) in [6.07, 6.45) is 0.731. The fourth-order valence-corrected chi connectivity index (χ4v) is 6.26. The second kappa shape index (κ2) is 8.65. The first-order valence-electron chi connectivity index (χ1n) is 8.58. The zero-order valence-corrected chi connectivity index (χ0v) is 18.1. The Morgan fingerprint density at radius 3 is 1.88 bits per heavy atom. The van der Waals surface area contributed by atoms with E-state index in [4.69, 9.17) is 23.2 Å². The molecule has 2 aromatic carbocycles. The summed E-state index contributed by atoms with van der Waals surface area (Å²) in [5.74, 6) is 0. The third-order valence-corrected chi connectivity index (χ3v) is 7.74. The van der Waals surface area contributed by atoms with E-state index in [-0.39, 0.29) is 22.3 Å². The molecule has 0 amide bonds. The van der Waals surface area contributed by atoms with Gasteiger partial charge in [0.25, 0.3) is 0 Å². The van der Waals surface area contributed by atoms with Gasteiger partial charge in [-0.1, -0.05) is 60.8 Å². The van der Waals surface area contributed by atoms with Crippen LogP contribution in [0.4, 0.5) is 0 Å². The summed E-state index contributed by atoms with van der Waals surface area (Å²) < 4.78 is 0. The van der Waals surface area contributed by atoms with Gasteiger partial charge >= 0.3 is 0 Å². The highest BCUT2D eigenvalue weighted by atomic mass is 35.5. The Bertz CT molecular complexity index is 818. The maximum atomic E-state index is 13.5. The number of hydrogen-bond donors (Lipinski definition) is 0. The molecule has 26 heavy (non-hydrogen) atoms. The van der Waals surface area contributed by atoms with Crippen LogP contribution in [0.25, 0.3) is 0 Å². The molecule has 0 saturated heterocycles. The van der Waals surface area contributed by atoms with Crippen molar-refractivity contribution in [3.8, 4) is 0 Å². The third-order valence-electron chi connectivity index (χ3n) is 4.54. The SMILES string of the molecule is CCC(C)P(C(=O)c1c(C)cc(C)cc1C)C(=O)c1c(Cl)cccc1Cl. The van der Waals surface area contributed by atoms with Gasteiger partial charge in [-0.15, -0.1) is 0 Å². The molecule has 0 fully saturated rings. The first-order valence-corrected chi connectivity index (χ1v) is 10.7. The maximum Gasteiger partial charge on any atom is 0.195 e. The highest BCUT2D eigenvalue weighted by molar-refractivity contribution is 7.90. The molecule has 0 bridgehead atoms. The van der Waals surface area contributed by atoms with Crippen LogP contribution >= 0.6 is 31.1 Å². The third kappa shape index (κ3) is 4.19. The van der Waals surface area contributed by atoms with Gasteiger partial charge in [-0.05, 0) is 56.1 Å². The molecule has 0 aliphatic heterocycles. The van der Waals surface area contributed by atoms with E-state index in [1.807, 2.05) is 46.8 Å². The molecule has 2 nitrogen and oxygen atoms in total. The Morgan fingerprint density at radius 1 is 0.962 bits per heavy atom. The van der Waals surface area contributed by atoms with E-state index in [0.717, 1.165) is 23.1 Å². The summed E-state index contributed by atoms with van der Waals surface area (Å²) in [6, 6.07) is 8.94. The molecule has 0 aliphatic rings. The van der Waals surface area contributed by atoms with Crippen LogP contribution in [0.15, 0.2) is 30.3 Å². The van der Waals surface area contributed by atoms with Crippen LogP contribution < -0.4 is 0 Å². The van der Waals surface area contributed by atoms with Crippen LogP contribution in [-0.2, 0) is 0 Å². The topological polar surface area (TPSA) is 34.1 Å². The Kier molecular flexibility index (Phi) is 7.02. The lowest BCUT2D eigenvalue weighted by molar-refractivity contribution is 0.105. The molecule has 0 spiro atoms. The highest BCUT2D eigenvalue weighted by Crippen LogP contribution is 2.51. The fraction of sp³-hybridized carbons (Fsp3) is 0.333. The zero-order valence-electron chi connectivity index (χ0n) is 15.7. The molecule has 0 saturated carbocycles. The van der Waals surface area contributed by atoms with Crippen LogP contribution in [0.2, 0.25) is 10.0 Å². The van der Waals surface area contributed by atoms with Crippen molar-refractivity contribution < 1.29 is 9.59 Å². The smallest absolute Gasteiger partial charge is 0.195 e. The number of aryl methyl sites for hydroxylation is 3. The molecular weight excluding hydrogens is 386 g/mol. The average Bonchev–Trinajstić information content (AvgIpc) is 2.53. The molecule has 0 aliphatic carbocycles. The Hall–Kier alpha value is -1.21. The van der Waals surface area contributed by atoms with Gasteiger partial charge in [-0.25, -0.2) is 0 Å².